The van der Waals surface area contributed by atoms with Gasteiger partial charge in [0.1, 0.15) is 18.2 Å². The maximum Gasteiger partial charge on any atom is 0.223 e. The Hall–Kier alpha value is -3.22. The van der Waals surface area contributed by atoms with E-state index in [-0.39, 0.29) is 17.7 Å². The molecule has 1 saturated carbocycles. The quantitative estimate of drug-likeness (QED) is 0.765. The summed E-state index contributed by atoms with van der Waals surface area (Å²) >= 11 is 0. The van der Waals surface area contributed by atoms with Crippen molar-refractivity contribution in [3.05, 3.63) is 72.5 Å². The zero-order valence-corrected chi connectivity index (χ0v) is 15.9. The van der Waals surface area contributed by atoms with Gasteiger partial charge >= 0.3 is 0 Å². The van der Waals surface area contributed by atoms with E-state index < -0.39 is 23.7 Å². The molecule has 1 aromatic heterocycles. The Morgan fingerprint density at radius 2 is 2.28 bits per heavy atom. The average molecular weight is 394 g/mol. The van der Waals surface area contributed by atoms with Gasteiger partial charge in [0, 0.05) is 12.5 Å². The number of fused-ring (bicyclic) bond motifs is 5. The molecule has 3 N–H and O–H groups in total. The molecular formula is C22H23FN4O2. The molecule has 1 amide bonds. The summed E-state index contributed by atoms with van der Waals surface area (Å²) in [4.78, 5) is 20.7. The summed E-state index contributed by atoms with van der Waals surface area (Å²) in [5.74, 6) is -0.367. The van der Waals surface area contributed by atoms with Gasteiger partial charge in [0.2, 0.25) is 5.91 Å². The minimum atomic E-state index is -0.564. The van der Waals surface area contributed by atoms with Crippen LogP contribution in [0, 0.1) is 23.6 Å². The molecule has 1 aromatic carbocycles. The van der Waals surface area contributed by atoms with Gasteiger partial charge in [-0.15, -0.1) is 6.58 Å². The molecule has 4 atom stereocenters. The highest BCUT2D eigenvalue weighted by Gasteiger charge is 2.44. The van der Waals surface area contributed by atoms with Crippen molar-refractivity contribution in [1.29, 1.82) is 0 Å². The lowest BCUT2D eigenvalue weighted by Crippen LogP contribution is -2.40. The molecule has 2 unspecified atom stereocenters. The van der Waals surface area contributed by atoms with Crippen molar-refractivity contribution in [2.24, 2.45) is 23.5 Å². The van der Waals surface area contributed by atoms with Crippen molar-refractivity contribution in [1.82, 2.24) is 9.97 Å². The Morgan fingerprint density at radius 3 is 3.07 bits per heavy atom. The van der Waals surface area contributed by atoms with Gasteiger partial charge in [-0.05, 0) is 36.0 Å². The largest absolute Gasteiger partial charge is 0.490 e. The van der Waals surface area contributed by atoms with E-state index in [9.17, 15) is 9.18 Å². The molecule has 2 heterocycles. The van der Waals surface area contributed by atoms with Gasteiger partial charge in [-0.25, -0.2) is 14.4 Å². The van der Waals surface area contributed by atoms with E-state index in [0.717, 1.165) is 17.5 Å². The molecular weight excluding hydrogens is 371 g/mol. The molecule has 150 valence electrons. The van der Waals surface area contributed by atoms with Crippen molar-refractivity contribution in [2.75, 3.05) is 11.9 Å². The highest BCUT2D eigenvalue weighted by molar-refractivity contribution is 5.79. The summed E-state index contributed by atoms with van der Waals surface area (Å²) < 4.78 is 20.3. The van der Waals surface area contributed by atoms with Gasteiger partial charge in [0.25, 0.3) is 0 Å². The zero-order valence-electron chi connectivity index (χ0n) is 15.9. The molecule has 0 saturated heterocycles. The standard InChI is InChI=1S/C22H23FN4O2/c1-2-14-11-15-6-4-8-29-16-7-3-5-13(9-16)10-18-25-12-17(23)22(26-18)27-20(15)19(14)21(24)28/h2-7,9,12,14-15,19-20H,1,8,10-11H2,(H2,24,28)(H,25,26,27)/b6-4+/t14?,15?,19-,20+/m0/s1. The number of rotatable bonds is 2. The van der Waals surface area contributed by atoms with Gasteiger partial charge < -0.3 is 15.8 Å². The molecule has 29 heavy (non-hydrogen) atoms. The van der Waals surface area contributed by atoms with Crippen LogP contribution in [0.4, 0.5) is 10.2 Å². The van der Waals surface area contributed by atoms with Crippen LogP contribution in [0.15, 0.2) is 55.3 Å². The Kier molecular flexibility index (Phi) is 5.29. The Labute approximate surface area is 168 Å². The monoisotopic (exact) mass is 394 g/mol. The first-order valence-electron chi connectivity index (χ1n) is 9.63. The number of nitrogens with one attached hydrogen (secondary N) is 1. The third-order valence-electron chi connectivity index (χ3n) is 5.57. The Bertz CT molecular complexity index is 962. The second kappa shape index (κ2) is 8.03. The van der Waals surface area contributed by atoms with Crippen LogP contribution in [0.5, 0.6) is 5.75 Å². The number of carbonyl (C=O) groups excluding carboxylic acids is 1. The number of halogens is 1. The summed E-state index contributed by atoms with van der Waals surface area (Å²) in [5.41, 5.74) is 6.65. The first kappa shape index (κ1) is 19.1. The van der Waals surface area contributed by atoms with Crippen LogP contribution >= 0.6 is 0 Å². The maximum absolute atomic E-state index is 14.5. The van der Waals surface area contributed by atoms with Gasteiger partial charge in [-0.3, -0.25) is 4.79 Å². The van der Waals surface area contributed by atoms with Crippen LogP contribution in [0.1, 0.15) is 17.8 Å². The molecule has 1 fully saturated rings. The van der Waals surface area contributed by atoms with E-state index in [1.54, 1.807) is 6.08 Å². The Balaban J connectivity index is 1.76. The number of aromatic nitrogens is 2. The second-order valence-corrected chi connectivity index (χ2v) is 7.44. The number of nitrogens with zero attached hydrogens (tertiary/aromatic N) is 2. The van der Waals surface area contributed by atoms with Gasteiger partial charge in [0.15, 0.2) is 11.6 Å². The van der Waals surface area contributed by atoms with Crippen LogP contribution in [0.3, 0.4) is 0 Å². The van der Waals surface area contributed by atoms with Crippen LogP contribution in [-0.4, -0.2) is 28.5 Å². The highest BCUT2D eigenvalue weighted by atomic mass is 19.1. The van der Waals surface area contributed by atoms with Crippen LogP contribution in [0.25, 0.3) is 0 Å². The SMILES string of the molecule is C=CC1CC2/C=C/COc3cccc(c3)Cc3ncc(F)c(n3)N[C@H]2[C@H]1C(N)=O. The molecule has 1 aliphatic heterocycles. The molecule has 0 radical (unpaired) electrons. The lowest BCUT2D eigenvalue weighted by atomic mass is 9.92. The summed E-state index contributed by atoms with van der Waals surface area (Å²) in [6, 6.07) is 7.26. The molecule has 0 spiro atoms. The topological polar surface area (TPSA) is 90.1 Å². The summed E-state index contributed by atoms with van der Waals surface area (Å²) in [5, 5.41) is 3.14. The third-order valence-corrected chi connectivity index (χ3v) is 5.57. The van der Waals surface area contributed by atoms with Gasteiger partial charge in [-0.2, -0.15) is 0 Å². The number of carbonyl (C=O) groups is 1. The molecule has 2 aliphatic rings. The van der Waals surface area contributed by atoms with Crippen LogP contribution in [0.2, 0.25) is 0 Å². The van der Waals surface area contributed by atoms with Gasteiger partial charge in [-0.1, -0.05) is 30.4 Å². The molecule has 7 heteroatoms. The summed E-state index contributed by atoms with van der Waals surface area (Å²) in [6.45, 7) is 4.24. The number of amides is 1. The van der Waals surface area contributed by atoms with Crippen molar-refractivity contribution in [2.45, 2.75) is 18.9 Å². The van der Waals surface area contributed by atoms with Crippen LogP contribution < -0.4 is 15.8 Å². The normalized spacial score (nSPS) is 26.9. The predicted octanol–water partition coefficient (Wildman–Crippen LogP) is 2.86. The first-order valence-corrected chi connectivity index (χ1v) is 9.63. The average Bonchev–Trinajstić information content (AvgIpc) is 3.05. The van der Waals surface area contributed by atoms with Gasteiger partial charge in [0.05, 0.1) is 12.1 Å². The number of hydrogen-bond acceptors (Lipinski definition) is 5. The summed E-state index contributed by atoms with van der Waals surface area (Å²) in [7, 11) is 0. The maximum atomic E-state index is 14.5. The zero-order chi connectivity index (χ0) is 20.4. The van der Waals surface area contributed by atoms with Crippen molar-refractivity contribution in [3.8, 4) is 5.75 Å². The van der Waals surface area contributed by atoms with Crippen molar-refractivity contribution < 1.29 is 13.9 Å². The number of anilines is 1. The van der Waals surface area contributed by atoms with E-state index >= 15 is 0 Å². The number of hydrogen-bond donors (Lipinski definition) is 2. The Morgan fingerprint density at radius 1 is 1.41 bits per heavy atom. The summed E-state index contributed by atoms with van der Waals surface area (Å²) in [6.07, 6.45) is 7.93. The predicted molar refractivity (Wildman–Crippen MR) is 108 cm³/mol. The third kappa shape index (κ3) is 3.99. The van der Waals surface area contributed by atoms with Crippen molar-refractivity contribution >= 4 is 11.7 Å². The number of benzene rings is 1. The smallest absolute Gasteiger partial charge is 0.223 e. The number of ether oxygens (including phenoxy) is 1. The van der Waals surface area contributed by atoms with E-state index in [1.807, 2.05) is 36.4 Å². The second-order valence-electron chi connectivity index (χ2n) is 7.44. The van der Waals surface area contributed by atoms with E-state index in [2.05, 4.69) is 21.9 Å². The highest BCUT2D eigenvalue weighted by Crippen LogP contribution is 2.40. The van der Waals surface area contributed by atoms with E-state index in [0.29, 0.717) is 25.3 Å². The number of primary amides is 1. The minimum absolute atomic E-state index is 0.0498. The molecule has 4 bridgehead atoms. The lowest BCUT2D eigenvalue weighted by molar-refractivity contribution is -0.122. The molecule has 4 rings (SSSR count). The minimum Gasteiger partial charge on any atom is -0.490 e. The first-order chi connectivity index (χ1) is 14.0. The van der Waals surface area contributed by atoms with E-state index in [4.69, 9.17) is 10.5 Å². The fraction of sp³-hybridized carbons (Fsp3) is 0.318. The van der Waals surface area contributed by atoms with Crippen molar-refractivity contribution in [3.63, 3.8) is 0 Å². The lowest BCUT2D eigenvalue weighted by Gasteiger charge is -2.25. The van der Waals surface area contributed by atoms with E-state index in [1.165, 1.54) is 0 Å². The molecule has 2 aromatic rings. The fourth-order valence-corrected chi connectivity index (χ4v) is 4.22. The van der Waals surface area contributed by atoms with Crippen LogP contribution in [-0.2, 0) is 11.2 Å². The molecule has 1 aliphatic carbocycles. The molecule has 6 nitrogen and oxygen atoms in total. The number of allylic oxidation sites excluding steroid dienone is 1. The fourth-order valence-electron chi connectivity index (χ4n) is 4.22. The number of nitrogens with two attached hydrogens (primary N) is 1.